The third-order valence-corrected chi connectivity index (χ3v) is 2.69. The highest BCUT2D eigenvalue weighted by molar-refractivity contribution is 5.82. The first-order valence-corrected chi connectivity index (χ1v) is 6.45. The standard InChI is InChI=1S/C14H24O3/c1-3-4-5-6-7-8-9-10-13(14(16)17)11-12(2)15/h8-9,13H,3-7,10-11H2,1-2H3,(H,16,17). The molecular weight excluding hydrogens is 216 g/mol. The number of unbranched alkanes of at least 4 members (excludes halogenated alkanes) is 4. The lowest BCUT2D eigenvalue weighted by Crippen LogP contribution is -2.15. The predicted octanol–water partition coefficient (Wildman–Crippen LogP) is 3.58. The molecule has 98 valence electrons. The number of rotatable bonds is 10. The lowest BCUT2D eigenvalue weighted by molar-refractivity contribution is -0.143. The number of carbonyl (C=O) groups is 2. The summed E-state index contributed by atoms with van der Waals surface area (Å²) in [7, 11) is 0. The number of hydrogen-bond donors (Lipinski definition) is 1. The summed E-state index contributed by atoms with van der Waals surface area (Å²) in [6.45, 7) is 3.61. The van der Waals surface area contributed by atoms with Gasteiger partial charge in [-0.1, -0.05) is 38.3 Å². The molecular formula is C14H24O3. The molecule has 0 aliphatic rings. The molecule has 0 bridgehead atoms. The fraction of sp³-hybridized carbons (Fsp3) is 0.714. The highest BCUT2D eigenvalue weighted by atomic mass is 16.4. The molecule has 0 amide bonds. The van der Waals surface area contributed by atoms with Crippen LogP contribution in [0.1, 0.15) is 58.8 Å². The minimum atomic E-state index is -0.879. The normalized spacial score (nSPS) is 12.8. The van der Waals surface area contributed by atoms with Crippen LogP contribution in [0.25, 0.3) is 0 Å². The monoisotopic (exact) mass is 240 g/mol. The molecule has 3 nitrogen and oxygen atoms in total. The SMILES string of the molecule is CCCCCCC=CCC(CC(C)=O)C(=O)O. The largest absolute Gasteiger partial charge is 0.481 e. The van der Waals surface area contributed by atoms with Crippen LogP contribution < -0.4 is 0 Å². The molecule has 0 spiro atoms. The van der Waals surface area contributed by atoms with Gasteiger partial charge in [0.2, 0.25) is 0 Å². The van der Waals surface area contributed by atoms with Gasteiger partial charge < -0.3 is 9.90 Å². The van der Waals surface area contributed by atoms with Gasteiger partial charge in [0.15, 0.2) is 0 Å². The van der Waals surface area contributed by atoms with Crippen LogP contribution in [0.2, 0.25) is 0 Å². The number of ketones is 1. The second-order valence-corrected chi connectivity index (χ2v) is 4.50. The molecule has 1 unspecified atom stereocenters. The molecule has 17 heavy (non-hydrogen) atoms. The van der Waals surface area contributed by atoms with E-state index in [1.54, 1.807) is 0 Å². The highest BCUT2D eigenvalue weighted by Crippen LogP contribution is 2.11. The molecule has 0 rings (SSSR count). The van der Waals surface area contributed by atoms with E-state index in [9.17, 15) is 9.59 Å². The molecule has 1 atom stereocenters. The van der Waals surface area contributed by atoms with Crippen molar-refractivity contribution in [1.29, 1.82) is 0 Å². The van der Waals surface area contributed by atoms with Gasteiger partial charge >= 0.3 is 5.97 Å². The van der Waals surface area contributed by atoms with Gasteiger partial charge in [0.1, 0.15) is 5.78 Å². The van der Waals surface area contributed by atoms with E-state index in [1.165, 1.54) is 26.2 Å². The van der Waals surface area contributed by atoms with Gasteiger partial charge in [-0.25, -0.2) is 0 Å². The minimum absolute atomic E-state index is 0.0613. The van der Waals surface area contributed by atoms with Gasteiger partial charge in [0, 0.05) is 6.42 Å². The minimum Gasteiger partial charge on any atom is -0.481 e. The van der Waals surface area contributed by atoms with E-state index in [0.717, 1.165) is 12.8 Å². The van der Waals surface area contributed by atoms with Gasteiger partial charge in [0.25, 0.3) is 0 Å². The topological polar surface area (TPSA) is 54.4 Å². The Balaban J connectivity index is 3.76. The highest BCUT2D eigenvalue weighted by Gasteiger charge is 2.17. The molecule has 0 radical (unpaired) electrons. The smallest absolute Gasteiger partial charge is 0.307 e. The zero-order valence-corrected chi connectivity index (χ0v) is 10.9. The summed E-state index contributed by atoms with van der Waals surface area (Å²) in [5.74, 6) is -1.50. The Kier molecular flexibility index (Phi) is 9.40. The van der Waals surface area contributed by atoms with Crippen LogP contribution in [0.15, 0.2) is 12.2 Å². The average Bonchev–Trinajstić information content (AvgIpc) is 2.25. The average molecular weight is 240 g/mol. The number of aliphatic carboxylic acids is 1. The molecule has 0 aliphatic heterocycles. The van der Waals surface area contributed by atoms with Crippen molar-refractivity contribution >= 4 is 11.8 Å². The van der Waals surface area contributed by atoms with Crippen LogP contribution in [0, 0.1) is 5.92 Å². The summed E-state index contributed by atoms with van der Waals surface area (Å²) < 4.78 is 0. The van der Waals surface area contributed by atoms with E-state index in [2.05, 4.69) is 6.92 Å². The summed E-state index contributed by atoms with van der Waals surface area (Å²) >= 11 is 0. The van der Waals surface area contributed by atoms with Crippen molar-refractivity contribution in [3.05, 3.63) is 12.2 Å². The van der Waals surface area contributed by atoms with E-state index < -0.39 is 11.9 Å². The Morgan fingerprint density at radius 2 is 1.88 bits per heavy atom. The summed E-state index contributed by atoms with van der Waals surface area (Å²) in [6, 6.07) is 0. The first kappa shape index (κ1) is 15.9. The molecule has 0 saturated heterocycles. The van der Waals surface area contributed by atoms with Gasteiger partial charge in [-0.15, -0.1) is 0 Å². The van der Waals surface area contributed by atoms with Crippen molar-refractivity contribution in [3.8, 4) is 0 Å². The third-order valence-electron chi connectivity index (χ3n) is 2.69. The second kappa shape index (κ2) is 10.1. The van der Waals surface area contributed by atoms with Gasteiger partial charge in [-0.05, 0) is 26.2 Å². The van der Waals surface area contributed by atoms with Crippen LogP contribution in [0.5, 0.6) is 0 Å². The zero-order chi connectivity index (χ0) is 13.1. The molecule has 0 aromatic heterocycles. The second-order valence-electron chi connectivity index (χ2n) is 4.50. The zero-order valence-electron chi connectivity index (χ0n) is 10.9. The van der Waals surface area contributed by atoms with Crippen molar-refractivity contribution in [1.82, 2.24) is 0 Å². The molecule has 0 fully saturated rings. The number of Topliss-reactive ketones (excluding diaryl/α,β-unsaturated/α-hetero) is 1. The van der Waals surface area contributed by atoms with Gasteiger partial charge in [0.05, 0.1) is 5.92 Å². The quantitative estimate of drug-likeness (QED) is 0.469. The van der Waals surface area contributed by atoms with Crippen molar-refractivity contribution in [2.45, 2.75) is 58.8 Å². The summed E-state index contributed by atoms with van der Waals surface area (Å²) in [5.41, 5.74) is 0. The molecule has 0 aromatic carbocycles. The van der Waals surface area contributed by atoms with E-state index in [0.29, 0.717) is 6.42 Å². The van der Waals surface area contributed by atoms with E-state index >= 15 is 0 Å². The van der Waals surface area contributed by atoms with Crippen molar-refractivity contribution in [3.63, 3.8) is 0 Å². The first-order chi connectivity index (χ1) is 8.07. The van der Waals surface area contributed by atoms with Crippen molar-refractivity contribution in [2.75, 3.05) is 0 Å². The van der Waals surface area contributed by atoms with Crippen LogP contribution in [0.4, 0.5) is 0 Å². The van der Waals surface area contributed by atoms with Crippen LogP contribution in [-0.4, -0.2) is 16.9 Å². The molecule has 0 aromatic rings. The van der Waals surface area contributed by atoms with E-state index in [1.807, 2.05) is 12.2 Å². The molecule has 3 heteroatoms. The Morgan fingerprint density at radius 3 is 2.41 bits per heavy atom. The number of carbonyl (C=O) groups excluding carboxylic acids is 1. The van der Waals surface area contributed by atoms with Crippen LogP contribution >= 0.6 is 0 Å². The maximum Gasteiger partial charge on any atom is 0.307 e. The fourth-order valence-electron chi connectivity index (χ4n) is 1.69. The van der Waals surface area contributed by atoms with Crippen LogP contribution in [-0.2, 0) is 9.59 Å². The number of allylic oxidation sites excluding steroid dienone is 2. The molecule has 0 aliphatic carbocycles. The molecule has 0 saturated carbocycles. The maximum atomic E-state index is 10.9. The summed E-state index contributed by atoms with van der Waals surface area (Å²) in [5, 5.41) is 8.91. The van der Waals surface area contributed by atoms with Crippen molar-refractivity contribution in [2.24, 2.45) is 5.92 Å². The van der Waals surface area contributed by atoms with Gasteiger partial charge in [-0.2, -0.15) is 0 Å². The lowest BCUT2D eigenvalue weighted by Gasteiger charge is -2.06. The maximum absolute atomic E-state index is 10.9. The summed E-state index contributed by atoms with van der Waals surface area (Å²) in [6.07, 6.45) is 10.4. The Labute approximate surface area is 104 Å². The predicted molar refractivity (Wildman–Crippen MR) is 68.9 cm³/mol. The van der Waals surface area contributed by atoms with Crippen molar-refractivity contribution < 1.29 is 14.7 Å². The van der Waals surface area contributed by atoms with Gasteiger partial charge in [-0.3, -0.25) is 4.79 Å². The first-order valence-electron chi connectivity index (χ1n) is 6.45. The number of hydrogen-bond acceptors (Lipinski definition) is 2. The Morgan fingerprint density at radius 1 is 1.18 bits per heavy atom. The molecule has 0 heterocycles. The molecule has 1 N–H and O–H groups in total. The Hall–Kier alpha value is -1.12. The number of carboxylic acids is 1. The van der Waals surface area contributed by atoms with E-state index in [4.69, 9.17) is 5.11 Å². The van der Waals surface area contributed by atoms with E-state index in [-0.39, 0.29) is 12.2 Å². The number of carboxylic acid groups (broad SMARTS) is 1. The Bertz CT molecular complexity index is 256. The lowest BCUT2D eigenvalue weighted by atomic mass is 9.99. The summed E-state index contributed by atoms with van der Waals surface area (Å²) in [4.78, 5) is 21.7. The fourth-order valence-corrected chi connectivity index (χ4v) is 1.69. The van der Waals surface area contributed by atoms with Crippen LogP contribution in [0.3, 0.4) is 0 Å². The third kappa shape index (κ3) is 9.79.